The molecule has 0 heterocycles. The number of ether oxygens (including phenoxy) is 3. The zero-order valence-corrected chi connectivity index (χ0v) is 48.6. The summed E-state index contributed by atoms with van der Waals surface area (Å²) in [4.78, 5) is 38.3. The molecule has 424 valence electrons. The predicted octanol–water partition coefficient (Wildman–Crippen LogP) is 21.3. The highest BCUT2D eigenvalue weighted by molar-refractivity contribution is 5.71. The number of rotatable bonds is 56. The van der Waals surface area contributed by atoms with E-state index < -0.39 is 6.10 Å². The fourth-order valence-electron chi connectivity index (χ4n) is 8.72. The molecule has 0 fully saturated rings. The standard InChI is InChI=1S/C68H116O6/c1-4-7-10-13-16-19-22-25-28-31-33-35-37-40-43-46-49-52-55-58-61-67(70)73-64-65(63-72-66(69)60-57-54-51-48-45-42-39-36-30-27-24-21-18-15-12-9-6-3)74-68(71)62-59-56-53-50-47-44-41-38-34-32-29-26-23-20-17-14-11-8-5-2/h8-9,11-12,17-18,20-21,26-27,29-30,34,38,44,47,65H,4-7,10,13-16,19,22-25,28,31-33,35-37,39-43,45-46,48-64H2,1-3H3/b11-8-,12-9-,20-17-,21-18-,29-26-,30-27-,38-34-,47-44-. The lowest BCUT2D eigenvalue weighted by Gasteiger charge is -2.18. The third-order valence-electron chi connectivity index (χ3n) is 13.3. The Morgan fingerprint density at radius 1 is 0.284 bits per heavy atom. The Balaban J connectivity index is 4.43. The van der Waals surface area contributed by atoms with E-state index in [1.807, 2.05) is 0 Å². The highest BCUT2D eigenvalue weighted by atomic mass is 16.6. The van der Waals surface area contributed by atoms with Gasteiger partial charge in [0.2, 0.25) is 0 Å². The fourth-order valence-corrected chi connectivity index (χ4v) is 8.72. The molecular formula is C68H116O6. The molecule has 0 N–H and O–H groups in total. The number of esters is 3. The van der Waals surface area contributed by atoms with Gasteiger partial charge in [-0.1, -0.05) is 279 Å². The summed E-state index contributed by atoms with van der Waals surface area (Å²) in [7, 11) is 0. The lowest BCUT2D eigenvalue weighted by Crippen LogP contribution is -2.30. The molecular weight excluding hydrogens is 913 g/mol. The van der Waals surface area contributed by atoms with Gasteiger partial charge in [-0.3, -0.25) is 14.4 Å². The van der Waals surface area contributed by atoms with Gasteiger partial charge in [-0.05, 0) is 96.3 Å². The van der Waals surface area contributed by atoms with Crippen molar-refractivity contribution in [2.45, 2.75) is 303 Å². The number of allylic oxidation sites excluding steroid dienone is 16. The Morgan fingerprint density at radius 2 is 0.527 bits per heavy atom. The molecule has 0 aliphatic rings. The second kappa shape index (κ2) is 61.9. The van der Waals surface area contributed by atoms with Crippen LogP contribution in [-0.2, 0) is 28.6 Å². The first-order chi connectivity index (χ1) is 36.5. The van der Waals surface area contributed by atoms with E-state index in [4.69, 9.17) is 14.2 Å². The van der Waals surface area contributed by atoms with Crippen molar-refractivity contribution < 1.29 is 28.6 Å². The summed E-state index contributed by atoms with van der Waals surface area (Å²) in [6.45, 7) is 6.41. The SMILES string of the molecule is CC/C=C\C/C=C\C/C=C\C/C=C\C/C=C\CCCCCC(=O)OC(COC(=O)CCCCCCCCC/C=C\C/C=C\C/C=C\CC)COC(=O)CCCCCCCCCCCCCCCCCCCCCC. The van der Waals surface area contributed by atoms with E-state index >= 15 is 0 Å². The highest BCUT2D eigenvalue weighted by Gasteiger charge is 2.19. The first-order valence-electron chi connectivity index (χ1n) is 31.2. The van der Waals surface area contributed by atoms with Crippen LogP contribution in [0.2, 0.25) is 0 Å². The van der Waals surface area contributed by atoms with E-state index in [0.717, 1.165) is 122 Å². The minimum absolute atomic E-state index is 0.0924. The topological polar surface area (TPSA) is 78.9 Å². The van der Waals surface area contributed by atoms with E-state index in [-0.39, 0.29) is 37.5 Å². The summed E-state index contributed by atoms with van der Waals surface area (Å²) < 4.78 is 16.9. The van der Waals surface area contributed by atoms with Crippen LogP contribution in [0.3, 0.4) is 0 Å². The van der Waals surface area contributed by atoms with Crippen LogP contribution in [0.15, 0.2) is 97.2 Å². The molecule has 0 radical (unpaired) electrons. The summed E-state index contributed by atoms with van der Waals surface area (Å²) in [6.07, 6.45) is 82.6. The van der Waals surface area contributed by atoms with Gasteiger partial charge in [0.05, 0.1) is 0 Å². The molecule has 0 aromatic heterocycles. The quantitative estimate of drug-likeness (QED) is 0.0261. The van der Waals surface area contributed by atoms with Gasteiger partial charge < -0.3 is 14.2 Å². The molecule has 0 saturated heterocycles. The smallest absolute Gasteiger partial charge is 0.306 e. The first-order valence-corrected chi connectivity index (χ1v) is 31.2. The molecule has 0 rings (SSSR count). The first kappa shape index (κ1) is 70.3. The van der Waals surface area contributed by atoms with Gasteiger partial charge >= 0.3 is 17.9 Å². The van der Waals surface area contributed by atoms with Gasteiger partial charge in [0, 0.05) is 19.3 Å². The molecule has 6 nitrogen and oxygen atoms in total. The number of unbranched alkanes of at least 4 members (excludes halogenated alkanes) is 29. The lowest BCUT2D eigenvalue weighted by molar-refractivity contribution is -0.167. The van der Waals surface area contributed by atoms with E-state index in [0.29, 0.717) is 12.8 Å². The summed E-state index contributed by atoms with van der Waals surface area (Å²) >= 11 is 0. The molecule has 0 aromatic carbocycles. The third kappa shape index (κ3) is 59.2. The van der Waals surface area contributed by atoms with Gasteiger partial charge in [0.25, 0.3) is 0 Å². The van der Waals surface area contributed by atoms with Crippen molar-refractivity contribution in [3.05, 3.63) is 97.2 Å². The summed E-state index contributed by atoms with van der Waals surface area (Å²) in [5.41, 5.74) is 0. The number of carbonyl (C=O) groups is 3. The van der Waals surface area contributed by atoms with E-state index in [2.05, 4.69) is 118 Å². The summed E-state index contributed by atoms with van der Waals surface area (Å²) in [6, 6.07) is 0. The molecule has 0 aliphatic heterocycles. The van der Waals surface area contributed by atoms with Gasteiger partial charge in [-0.15, -0.1) is 0 Å². The second-order valence-corrected chi connectivity index (χ2v) is 20.6. The van der Waals surface area contributed by atoms with Crippen molar-refractivity contribution >= 4 is 17.9 Å². The molecule has 1 atom stereocenters. The Kier molecular flexibility index (Phi) is 58.8. The van der Waals surface area contributed by atoms with E-state index in [1.165, 1.54) is 135 Å². The van der Waals surface area contributed by atoms with Crippen LogP contribution in [-0.4, -0.2) is 37.2 Å². The van der Waals surface area contributed by atoms with Crippen molar-refractivity contribution in [1.82, 2.24) is 0 Å². The number of carbonyl (C=O) groups excluding carboxylic acids is 3. The maximum Gasteiger partial charge on any atom is 0.306 e. The highest BCUT2D eigenvalue weighted by Crippen LogP contribution is 2.17. The van der Waals surface area contributed by atoms with Crippen LogP contribution < -0.4 is 0 Å². The second-order valence-electron chi connectivity index (χ2n) is 20.6. The average Bonchev–Trinajstić information content (AvgIpc) is 3.40. The van der Waals surface area contributed by atoms with Crippen LogP contribution in [0, 0.1) is 0 Å². The molecule has 0 aliphatic carbocycles. The third-order valence-corrected chi connectivity index (χ3v) is 13.3. The van der Waals surface area contributed by atoms with Crippen molar-refractivity contribution in [3.63, 3.8) is 0 Å². The van der Waals surface area contributed by atoms with E-state index in [9.17, 15) is 14.4 Å². The normalized spacial score (nSPS) is 12.7. The fraction of sp³-hybridized carbons (Fsp3) is 0.721. The zero-order valence-electron chi connectivity index (χ0n) is 48.6. The molecule has 0 amide bonds. The monoisotopic (exact) mass is 1030 g/mol. The summed E-state index contributed by atoms with van der Waals surface area (Å²) in [5.74, 6) is -0.925. The average molecular weight is 1030 g/mol. The molecule has 0 saturated carbocycles. The van der Waals surface area contributed by atoms with Crippen molar-refractivity contribution in [2.24, 2.45) is 0 Å². The van der Waals surface area contributed by atoms with Crippen LogP contribution in [0.5, 0.6) is 0 Å². The van der Waals surface area contributed by atoms with Gasteiger partial charge in [0.1, 0.15) is 13.2 Å². The largest absolute Gasteiger partial charge is 0.462 e. The van der Waals surface area contributed by atoms with Crippen molar-refractivity contribution in [2.75, 3.05) is 13.2 Å². The minimum Gasteiger partial charge on any atom is -0.462 e. The van der Waals surface area contributed by atoms with E-state index in [1.54, 1.807) is 0 Å². The maximum absolute atomic E-state index is 12.9. The van der Waals surface area contributed by atoms with Crippen LogP contribution >= 0.6 is 0 Å². The molecule has 6 heteroatoms. The van der Waals surface area contributed by atoms with Crippen LogP contribution in [0.1, 0.15) is 297 Å². The van der Waals surface area contributed by atoms with Gasteiger partial charge in [-0.25, -0.2) is 0 Å². The van der Waals surface area contributed by atoms with Crippen molar-refractivity contribution in [1.29, 1.82) is 0 Å². The maximum atomic E-state index is 12.9. The van der Waals surface area contributed by atoms with Crippen LogP contribution in [0.25, 0.3) is 0 Å². The predicted molar refractivity (Wildman–Crippen MR) is 320 cm³/mol. The zero-order chi connectivity index (χ0) is 53.6. The molecule has 0 spiro atoms. The molecule has 0 bridgehead atoms. The lowest BCUT2D eigenvalue weighted by atomic mass is 10.0. The summed E-state index contributed by atoms with van der Waals surface area (Å²) in [5, 5.41) is 0. The van der Waals surface area contributed by atoms with Gasteiger partial charge in [0.15, 0.2) is 6.10 Å². The molecule has 1 unspecified atom stereocenters. The van der Waals surface area contributed by atoms with Crippen molar-refractivity contribution in [3.8, 4) is 0 Å². The molecule has 0 aromatic rings. The van der Waals surface area contributed by atoms with Crippen LogP contribution in [0.4, 0.5) is 0 Å². The Morgan fingerprint density at radius 3 is 0.838 bits per heavy atom. The Bertz CT molecular complexity index is 1460. The minimum atomic E-state index is -0.800. The van der Waals surface area contributed by atoms with Gasteiger partial charge in [-0.2, -0.15) is 0 Å². The Hall–Kier alpha value is -3.67. The Labute approximate surface area is 457 Å². The number of hydrogen-bond donors (Lipinski definition) is 0. The number of hydrogen-bond acceptors (Lipinski definition) is 6. The molecule has 74 heavy (non-hydrogen) atoms.